The highest BCUT2D eigenvalue weighted by atomic mass is 32.1. The summed E-state index contributed by atoms with van der Waals surface area (Å²) in [6.07, 6.45) is 0.0398. The number of nitrogens with two attached hydrogens (primary N) is 1. The van der Waals surface area contributed by atoms with Gasteiger partial charge in [0.2, 0.25) is 0 Å². The van der Waals surface area contributed by atoms with Crippen molar-refractivity contribution in [3.05, 3.63) is 65.7 Å². The minimum absolute atomic E-state index is 0.116. The normalized spacial score (nSPS) is 9.82. The van der Waals surface area contributed by atoms with E-state index >= 15 is 0 Å². The minimum atomic E-state index is -0.671. The Bertz CT molecular complexity index is 672. The number of aldehydes is 1. The van der Waals surface area contributed by atoms with Gasteiger partial charge in [0.05, 0.1) is 5.69 Å². The monoisotopic (exact) mass is 314 g/mol. The van der Waals surface area contributed by atoms with Crippen molar-refractivity contribution in [1.29, 1.82) is 0 Å². The number of hydrogen-bond acceptors (Lipinski definition) is 4. The Labute approximate surface area is 133 Å². The molecular formula is C16H14N2O3S. The molecule has 0 saturated heterocycles. The molecule has 0 unspecified atom stereocenters. The second kappa shape index (κ2) is 7.33. The minimum Gasteiger partial charge on any atom is -0.444 e. The van der Waals surface area contributed by atoms with Crippen molar-refractivity contribution in [2.45, 2.75) is 6.61 Å². The fraction of sp³-hybridized carbons (Fsp3) is 0.0625. The van der Waals surface area contributed by atoms with E-state index in [0.29, 0.717) is 17.5 Å². The Morgan fingerprint density at radius 2 is 1.77 bits per heavy atom. The maximum absolute atomic E-state index is 12.2. The fourth-order valence-electron chi connectivity index (χ4n) is 1.81. The molecule has 2 aromatic carbocycles. The van der Waals surface area contributed by atoms with Crippen LogP contribution in [-0.2, 0) is 11.3 Å². The fourth-order valence-corrected chi connectivity index (χ4v) is 1.99. The smallest absolute Gasteiger partial charge is 0.421 e. The number of amides is 1. The Morgan fingerprint density at radius 1 is 1.14 bits per heavy atom. The molecule has 112 valence electrons. The first-order valence-electron chi connectivity index (χ1n) is 6.47. The quantitative estimate of drug-likeness (QED) is 0.694. The van der Waals surface area contributed by atoms with E-state index < -0.39 is 6.09 Å². The van der Waals surface area contributed by atoms with Crippen molar-refractivity contribution in [3.8, 4) is 0 Å². The highest BCUT2D eigenvalue weighted by Crippen LogP contribution is 2.16. The zero-order valence-corrected chi connectivity index (χ0v) is 12.5. The molecule has 0 saturated carbocycles. The average Bonchev–Trinajstić information content (AvgIpc) is 2.54. The molecule has 2 N–H and O–H groups in total. The van der Waals surface area contributed by atoms with Crippen LogP contribution >= 0.6 is 12.2 Å². The van der Waals surface area contributed by atoms with Crippen molar-refractivity contribution in [1.82, 2.24) is 0 Å². The molecule has 0 aliphatic carbocycles. The van der Waals surface area contributed by atoms with E-state index in [1.165, 1.54) is 0 Å². The lowest BCUT2D eigenvalue weighted by molar-refractivity contribution is 0.112. The van der Waals surface area contributed by atoms with E-state index in [-0.39, 0.29) is 11.7 Å². The summed E-state index contributed by atoms with van der Waals surface area (Å²) >= 11 is 4.90. The van der Waals surface area contributed by atoms with E-state index in [1.54, 1.807) is 24.3 Å². The first-order valence-corrected chi connectivity index (χ1v) is 6.88. The standard InChI is InChI=1S/C16H14N2O3S/c17-15(22)18(14-8-6-12(10-19)7-9-14)16(20)21-11-13-4-2-1-3-5-13/h1-10H,11H2,(H2,17,22). The molecule has 0 heterocycles. The summed E-state index contributed by atoms with van der Waals surface area (Å²) in [5, 5.41) is -0.128. The Balaban J connectivity index is 2.11. The van der Waals surface area contributed by atoms with Crippen LogP contribution in [0.3, 0.4) is 0 Å². The van der Waals surface area contributed by atoms with Crippen LogP contribution in [0.25, 0.3) is 0 Å². The molecule has 0 aliphatic rings. The third kappa shape index (κ3) is 3.89. The van der Waals surface area contributed by atoms with Gasteiger partial charge in [-0.1, -0.05) is 30.3 Å². The van der Waals surface area contributed by atoms with E-state index in [1.807, 2.05) is 30.3 Å². The van der Waals surface area contributed by atoms with Gasteiger partial charge in [-0.2, -0.15) is 0 Å². The number of anilines is 1. The zero-order valence-electron chi connectivity index (χ0n) is 11.6. The third-order valence-corrected chi connectivity index (χ3v) is 3.08. The van der Waals surface area contributed by atoms with Crippen molar-refractivity contribution in [2.75, 3.05) is 4.90 Å². The van der Waals surface area contributed by atoms with Crippen LogP contribution < -0.4 is 10.6 Å². The maximum atomic E-state index is 12.2. The summed E-state index contributed by atoms with van der Waals surface area (Å²) in [6.45, 7) is 0.116. The molecule has 0 radical (unpaired) electrons. The van der Waals surface area contributed by atoms with Gasteiger partial charge in [0.1, 0.15) is 12.9 Å². The van der Waals surface area contributed by atoms with E-state index in [0.717, 1.165) is 10.5 Å². The van der Waals surface area contributed by atoms with Crippen molar-refractivity contribution >= 4 is 35.4 Å². The van der Waals surface area contributed by atoms with Crippen molar-refractivity contribution in [3.63, 3.8) is 0 Å². The highest BCUT2D eigenvalue weighted by molar-refractivity contribution is 7.80. The number of ether oxygens (including phenoxy) is 1. The van der Waals surface area contributed by atoms with Gasteiger partial charge in [-0.25, -0.2) is 9.69 Å². The lowest BCUT2D eigenvalue weighted by Gasteiger charge is -2.20. The predicted octanol–water partition coefficient (Wildman–Crippen LogP) is 2.89. The maximum Gasteiger partial charge on any atom is 0.421 e. The van der Waals surface area contributed by atoms with Gasteiger partial charge in [-0.3, -0.25) is 4.79 Å². The molecular weight excluding hydrogens is 300 g/mol. The van der Waals surface area contributed by atoms with Gasteiger partial charge in [0.25, 0.3) is 0 Å². The van der Waals surface area contributed by atoms with Crippen LogP contribution in [0.4, 0.5) is 10.5 Å². The summed E-state index contributed by atoms with van der Waals surface area (Å²) in [5.41, 5.74) is 7.38. The number of benzene rings is 2. The number of thiocarbonyl (C=S) groups is 1. The van der Waals surface area contributed by atoms with E-state index in [9.17, 15) is 9.59 Å². The van der Waals surface area contributed by atoms with Gasteiger partial charge in [-0.15, -0.1) is 0 Å². The molecule has 0 spiro atoms. The number of hydrogen-bond donors (Lipinski definition) is 1. The first kappa shape index (κ1) is 15.7. The number of carbonyl (C=O) groups is 2. The second-order valence-corrected chi connectivity index (χ2v) is 4.84. The largest absolute Gasteiger partial charge is 0.444 e. The van der Waals surface area contributed by atoms with Gasteiger partial charge < -0.3 is 10.5 Å². The molecule has 0 aromatic heterocycles. The molecule has 0 atom stereocenters. The van der Waals surface area contributed by atoms with Crippen LogP contribution in [0, 0.1) is 0 Å². The van der Waals surface area contributed by atoms with E-state index in [4.69, 9.17) is 22.7 Å². The highest BCUT2D eigenvalue weighted by Gasteiger charge is 2.20. The molecule has 2 rings (SSSR count). The van der Waals surface area contributed by atoms with Gasteiger partial charge in [0, 0.05) is 5.56 Å². The van der Waals surface area contributed by atoms with Crippen LogP contribution in [0.15, 0.2) is 54.6 Å². The summed E-state index contributed by atoms with van der Waals surface area (Å²) in [6, 6.07) is 15.6. The lowest BCUT2D eigenvalue weighted by Crippen LogP contribution is -2.41. The van der Waals surface area contributed by atoms with Crippen LogP contribution in [0.2, 0.25) is 0 Å². The lowest BCUT2D eigenvalue weighted by atomic mass is 10.2. The van der Waals surface area contributed by atoms with Gasteiger partial charge in [0.15, 0.2) is 5.11 Å². The van der Waals surface area contributed by atoms with Gasteiger partial charge >= 0.3 is 6.09 Å². The van der Waals surface area contributed by atoms with E-state index in [2.05, 4.69) is 0 Å². The molecule has 6 heteroatoms. The molecule has 0 aliphatic heterocycles. The summed E-state index contributed by atoms with van der Waals surface area (Å²) in [7, 11) is 0. The molecule has 0 bridgehead atoms. The van der Waals surface area contributed by atoms with Crippen LogP contribution in [0.5, 0.6) is 0 Å². The summed E-state index contributed by atoms with van der Waals surface area (Å²) in [4.78, 5) is 23.9. The Kier molecular flexibility index (Phi) is 5.21. The Hall–Kier alpha value is -2.73. The topological polar surface area (TPSA) is 72.6 Å². The number of rotatable bonds is 4. The molecule has 5 nitrogen and oxygen atoms in total. The molecule has 0 fully saturated rings. The number of carbonyl (C=O) groups excluding carboxylic acids is 2. The molecule has 1 amide bonds. The number of nitrogens with zero attached hydrogens (tertiary/aromatic N) is 1. The Morgan fingerprint density at radius 3 is 2.32 bits per heavy atom. The van der Waals surface area contributed by atoms with Crippen molar-refractivity contribution in [2.24, 2.45) is 5.73 Å². The summed E-state index contributed by atoms with van der Waals surface area (Å²) < 4.78 is 5.21. The first-order chi connectivity index (χ1) is 10.6. The SMILES string of the molecule is NC(=S)N(C(=O)OCc1ccccc1)c1ccc(C=O)cc1. The molecule has 2 aromatic rings. The second-order valence-electron chi connectivity index (χ2n) is 4.42. The van der Waals surface area contributed by atoms with Gasteiger partial charge in [-0.05, 0) is 42.0 Å². The third-order valence-electron chi connectivity index (χ3n) is 2.90. The van der Waals surface area contributed by atoms with Crippen molar-refractivity contribution < 1.29 is 14.3 Å². The zero-order chi connectivity index (χ0) is 15.9. The predicted molar refractivity (Wildman–Crippen MR) is 87.7 cm³/mol. The summed E-state index contributed by atoms with van der Waals surface area (Å²) in [5.74, 6) is 0. The molecule has 22 heavy (non-hydrogen) atoms. The van der Waals surface area contributed by atoms with Crippen LogP contribution in [-0.4, -0.2) is 17.5 Å². The average molecular weight is 314 g/mol. The van der Waals surface area contributed by atoms with Crippen LogP contribution in [0.1, 0.15) is 15.9 Å².